The van der Waals surface area contributed by atoms with E-state index in [-0.39, 0.29) is 23.5 Å². The van der Waals surface area contributed by atoms with Crippen molar-refractivity contribution in [2.45, 2.75) is 44.7 Å². The van der Waals surface area contributed by atoms with Crippen LogP contribution in [0.15, 0.2) is 0 Å². The van der Waals surface area contributed by atoms with Gasteiger partial charge in [0, 0.05) is 26.3 Å². The number of amides is 1. The van der Waals surface area contributed by atoms with Crippen LogP contribution in [0.1, 0.15) is 32.6 Å². The summed E-state index contributed by atoms with van der Waals surface area (Å²) in [5.74, 6) is 0.0814. The van der Waals surface area contributed by atoms with E-state index in [0.29, 0.717) is 26.0 Å². The number of rotatable bonds is 8. The van der Waals surface area contributed by atoms with Crippen LogP contribution in [0.2, 0.25) is 0 Å². The van der Waals surface area contributed by atoms with Crippen LogP contribution in [0.5, 0.6) is 0 Å². The van der Waals surface area contributed by atoms with Gasteiger partial charge >= 0.3 is 0 Å². The van der Waals surface area contributed by atoms with Gasteiger partial charge in [-0.15, -0.1) is 0 Å². The third-order valence-electron chi connectivity index (χ3n) is 3.63. The van der Waals surface area contributed by atoms with Gasteiger partial charge in [0.1, 0.15) is 0 Å². The van der Waals surface area contributed by atoms with Crippen LogP contribution in [0.3, 0.4) is 0 Å². The second-order valence-corrected chi connectivity index (χ2v) is 7.56. The van der Waals surface area contributed by atoms with Gasteiger partial charge in [-0.05, 0) is 19.3 Å². The smallest absolute Gasteiger partial charge is 0.239 e. The molecule has 0 radical (unpaired) electrons. The molecule has 20 heavy (non-hydrogen) atoms. The maximum atomic E-state index is 12.4. The molecule has 0 aromatic rings. The van der Waals surface area contributed by atoms with Crippen molar-refractivity contribution in [3.8, 4) is 0 Å². The standard InChI is InChI=1S/C13H26N2O4S/c1-3-4-7-15(11-6-9-20(17,18)10-11)13(16)12(14)5-8-19-2/h11-12H,3-10,14H2,1-2H3. The lowest BCUT2D eigenvalue weighted by atomic mass is 10.1. The average Bonchev–Trinajstić information content (AvgIpc) is 2.76. The van der Waals surface area contributed by atoms with Crippen LogP contribution in [-0.4, -0.2) is 63.1 Å². The minimum atomic E-state index is -3.00. The van der Waals surface area contributed by atoms with Gasteiger partial charge < -0.3 is 15.4 Å². The molecular weight excluding hydrogens is 280 g/mol. The fourth-order valence-electron chi connectivity index (χ4n) is 2.40. The molecule has 1 aliphatic heterocycles. The molecule has 2 atom stereocenters. The van der Waals surface area contributed by atoms with E-state index in [9.17, 15) is 13.2 Å². The van der Waals surface area contributed by atoms with Crippen molar-refractivity contribution in [1.82, 2.24) is 4.90 Å². The highest BCUT2D eigenvalue weighted by Crippen LogP contribution is 2.19. The second-order valence-electron chi connectivity index (χ2n) is 5.33. The van der Waals surface area contributed by atoms with Crippen LogP contribution in [0, 0.1) is 0 Å². The van der Waals surface area contributed by atoms with E-state index in [1.807, 2.05) is 6.92 Å². The molecule has 2 N–H and O–H groups in total. The van der Waals surface area contributed by atoms with E-state index in [1.54, 1.807) is 12.0 Å². The van der Waals surface area contributed by atoms with E-state index in [1.165, 1.54) is 0 Å². The summed E-state index contributed by atoms with van der Waals surface area (Å²) in [4.78, 5) is 14.1. The Morgan fingerprint density at radius 2 is 2.20 bits per heavy atom. The molecule has 1 saturated heterocycles. The summed E-state index contributed by atoms with van der Waals surface area (Å²) in [5, 5.41) is 0. The summed E-state index contributed by atoms with van der Waals surface area (Å²) in [6.07, 6.45) is 2.79. The van der Waals surface area contributed by atoms with Gasteiger partial charge in [-0.2, -0.15) is 0 Å². The molecule has 1 aliphatic rings. The molecule has 0 aromatic carbocycles. The number of ether oxygens (including phenoxy) is 1. The number of sulfone groups is 1. The first kappa shape index (κ1) is 17.4. The lowest BCUT2D eigenvalue weighted by Crippen LogP contribution is -2.49. The predicted molar refractivity (Wildman–Crippen MR) is 78.1 cm³/mol. The highest BCUT2D eigenvalue weighted by molar-refractivity contribution is 7.91. The maximum Gasteiger partial charge on any atom is 0.239 e. The summed E-state index contributed by atoms with van der Waals surface area (Å²) in [7, 11) is -1.44. The van der Waals surface area contributed by atoms with Crippen LogP contribution < -0.4 is 5.73 Å². The SMILES string of the molecule is CCCCN(C(=O)C(N)CCOC)C1CCS(=O)(=O)C1. The fraction of sp³-hybridized carbons (Fsp3) is 0.923. The van der Waals surface area contributed by atoms with E-state index >= 15 is 0 Å². The van der Waals surface area contributed by atoms with Crippen molar-refractivity contribution in [2.75, 3.05) is 31.8 Å². The van der Waals surface area contributed by atoms with Gasteiger partial charge in [0.25, 0.3) is 0 Å². The Kier molecular flexibility index (Phi) is 6.91. The van der Waals surface area contributed by atoms with Gasteiger partial charge in [0.05, 0.1) is 17.5 Å². The van der Waals surface area contributed by atoms with E-state index in [2.05, 4.69) is 0 Å². The van der Waals surface area contributed by atoms with Crippen LogP contribution in [0.25, 0.3) is 0 Å². The Morgan fingerprint density at radius 1 is 1.50 bits per heavy atom. The molecule has 2 unspecified atom stereocenters. The molecule has 0 aliphatic carbocycles. The highest BCUT2D eigenvalue weighted by Gasteiger charge is 2.35. The van der Waals surface area contributed by atoms with Crippen molar-refractivity contribution in [3.63, 3.8) is 0 Å². The molecule has 0 aromatic heterocycles. The molecule has 1 fully saturated rings. The molecule has 1 rings (SSSR count). The summed E-state index contributed by atoms with van der Waals surface area (Å²) in [6, 6.07) is -0.831. The molecule has 0 spiro atoms. The van der Waals surface area contributed by atoms with Gasteiger partial charge in [-0.1, -0.05) is 13.3 Å². The lowest BCUT2D eigenvalue weighted by Gasteiger charge is -2.30. The first-order chi connectivity index (χ1) is 9.41. The number of methoxy groups -OCH3 is 1. The maximum absolute atomic E-state index is 12.4. The minimum absolute atomic E-state index is 0.0689. The summed E-state index contributed by atoms with van der Waals surface area (Å²) < 4.78 is 28.1. The molecule has 0 bridgehead atoms. The number of carbonyl (C=O) groups is 1. The second kappa shape index (κ2) is 7.95. The topological polar surface area (TPSA) is 89.7 Å². The molecule has 6 nitrogen and oxygen atoms in total. The molecule has 1 amide bonds. The van der Waals surface area contributed by atoms with Crippen molar-refractivity contribution >= 4 is 15.7 Å². The first-order valence-corrected chi connectivity index (χ1v) is 8.98. The Hall–Kier alpha value is -0.660. The van der Waals surface area contributed by atoms with Crippen molar-refractivity contribution in [1.29, 1.82) is 0 Å². The number of hydrogen-bond donors (Lipinski definition) is 1. The zero-order chi connectivity index (χ0) is 15.2. The number of hydrogen-bond acceptors (Lipinski definition) is 5. The van der Waals surface area contributed by atoms with Gasteiger partial charge in [0.2, 0.25) is 5.91 Å². The van der Waals surface area contributed by atoms with Gasteiger partial charge in [0.15, 0.2) is 9.84 Å². The third-order valence-corrected chi connectivity index (χ3v) is 5.39. The molecular formula is C13H26N2O4S. The Balaban J connectivity index is 2.70. The van der Waals surface area contributed by atoms with Crippen molar-refractivity contribution in [2.24, 2.45) is 5.73 Å². The monoisotopic (exact) mass is 306 g/mol. The summed E-state index contributed by atoms with van der Waals surface area (Å²) >= 11 is 0. The quantitative estimate of drug-likeness (QED) is 0.690. The molecule has 7 heteroatoms. The predicted octanol–water partition coefficient (Wildman–Crippen LogP) is 0.166. The van der Waals surface area contributed by atoms with E-state index < -0.39 is 15.9 Å². The van der Waals surface area contributed by atoms with Gasteiger partial charge in [-0.3, -0.25) is 4.79 Å². The third kappa shape index (κ3) is 5.03. The normalized spacial score (nSPS) is 22.6. The molecule has 0 saturated carbocycles. The fourth-order valence-corrected chi connectivity index (χ4v) is 4.13. The van der Waals surface area contributed by atoms with Crippen LogP contribution >= 0.6 is 0 Å². The van der Waals surface area contributed by atoms with Gasteiger partial charge in [-0.25, -0.2) is 8.42 Å². The lowest BCUT2D eigenvalue weighted by molar-refractivity contribution is -0.135. The van der Waals surface area contributed by atoms with E-state index in [4.69, 9.17) is 10.5 Å². The van der Waals surface area contributed by atoms with Crippen LogP contribution in [-0.2, 0) is 19.4 Å². The summed E-state index contributed by atoms with van der Waals surface area (Å²) in [5.41, 5.74) is 5.89. The first-order valence-electron chi connectivity index (χ1n) is 7.16. The Bertz CT molecular complexity index is 411. The Labute approximate surface area is 121 Å². The summed E-state index contributed by atoms with van der Waals surface area (Å²) in [6.45, 7) is 3.05. The van der Waals surface area contributed by atoms with Crippen molar-refractivity contribution < 1.29 is 17.9 Å². The highest BCUT2D eigenvalue weighted by atomic mass is 32.2. The number of unbranched alkanes of at least 4 members (excludes halogenated alkanes) is 1. The van der Waals surface area contributed by atoms with Crippen molar-refractivity contribution in [3.05, 3.63) is 0 Å². The van der Waals surface area contributed by atoms with E-state index in [0.717, 1.165) is 12.8 Å². The molecule has 1 heterocycles. The largest absolute Gasteiger partial charge is 0.385 e. The zero-order valence-corrected chi connectivity index (χ0v) is 13.2. The number of nitrogens with two attached hydrogens (primary N) is 1. The average molecular weight is 306 g/mol. The zero-order valence-electron chi connectivity index (χ0n) is 12.4. The van der Waals surface area contributed by atoms with Crippen LogP contribution in [0.4, 0.5) is 0 Å². The molecule has 118 valence electrons. The minimum Gasteiger partial charge on any atom is -0.385 e. The Morgan fingerprint density at radius 3 is 2.70 bits per heavy atom. The number of nitrogens with zero attached hydrogens (tertiary/aromatic N) is 1. The number of carbonyl (C=O) groups excluding carboxylic acids is 1.